The first-order chi connectivity index (χ1) is 21.6. The summed E-state index contributed by atoms with van der Waals surface area (Å²) in [4.78, 5) is 16.7. The summed E-state index contributed by atoms with van der Waals surface area (Å²) in [5.74, 6) is -0.708. The van der Waals surface area contributed by atoms with Crippen LogP contribution in [0.4, 0.5) is 30.7 Å². The highest BCUT2D eigenvalue weighted by Gasteiger charge is 2.43. The Morgan fingerprint density at radius 3 is 1.48 bits per heavy atom. The molecule has 0 aromatic heterocycles. The molecular formula is C34H35F7N2O3. The molecule has 46 heavy (non-hydrogen) atoms. The molecular weight excluding hydrogens is 617 g/mol. The number of aliphatic hydroxyl groups is 2. The Hall–Kier alpha value is -3.32. The third kappa shape index (κ3) is 7.46. The summed E-state index contributed by atoms with van der Waals surface area (Å²) in [6, 6.07) is 17.1. The zero-order valence-corrected chi connectivity index (χ0v) is 24.9. The minimum atomic E-state index is -4.58. The second kappa shape index (κ2) is 13.1. The summed E-state index contributed by atoms with van der Waals surface area (Å²) in [6.45, 7) is 0.715. The van der Waals surface area contributed by atoms with Crippen LogP contribution in [0.5, 0.6) is 0 Å². The largest absolute Gasteiger partial charge is 0.416 e. The second-order valence-electron chi connectivity index (χ2n) is 12.2. The monoisotopic (exact) mass is 652 g/mol. The zero-order chi connectivity index (χ0) is 33.3. The molecule has 3 aromatic rings. The van der Waals surface area contributed by atoms with Crippen molar-refractivity contribution in [2.24, 2.45) is 0 Å². The third-order valence-electron chi connectivity index (χ3n) is 9.31. The van der Waals surface area contributed by atoms with Gasteiger partial charge >= 0.3 is 12.4 Å². The fourth-order valence-electron chi connectivity index (χ4n) is 6.54. The smallest absolute Gasteiger partial charge is 0.385 e. The molecule has 2 saturated heterocycles. The SMILES string of the molecule is O=C(c1ccccc1)C(F)CC(N1CCC(O)(c2cccc(C(F)(F)F)c2)CC1)N1CCC(O)(c2cccc(C(F)(F)F)c2)CC1. The maximum atomic E-state index is 15.7. The van der Waals surface area contributed by atoms with Gasteiger partial charge < -0.3 is 10.2 Å². The fourth-order valence-corrected chi connectivity index (χ4v) is 6.54. The first kappa shape index (κ1) is 34.0. The number of piperidine rings is 2. The molecule has 2 fully saturated rings. The van der Waals surface area contributed by atoms with Crippen LogP contribution in [-0.4, -0.2) is 64.3 Å². The van der Waals surface area contributed by atoms with E-state index in [0.717, 1.165) is 24.3 Å². The van der Waals surface area contributed by atoms with Crippen molar-refractivity contribution >= 4 is 5.78 Å². The maximum absolute atomic E-state index is 15.7. The van der Waals surface area contributed by atoms with Crippen molar-refractivity contribution in [1.82, 2.24) is 9.80 Å². The van der Waals surface area contributed by atoms with E-state index in [1.807, 2.05) is 9.80 Å². The Labute approximate surface area is 262 Å². The lowest BCUT2D eigenvalue weighted by atomic mass is 9.82. The molecule has 2 aliphatic heterocycles. The average Bonchev–Trinajstić information content (AvgIpc) is 3.04. The first-order valence-corrected chi connectivity index (χ1v) is 15.1. The van der Waals surface area contributed by atoms with Crippen LogP contribution in [0.1, 0.15) is 64.7 Å². The van der Waals surface area contributed by atoms with Gasteiger partial charge in [0.1, 0.15) is 0 Å². The molecule has 2 heterocycles. The van der Waals surface area contributed by atoms with Gasteiger partial charge in [0.15, 0.2) is 12.0 Å². The lowest BCUT2D eigenvalue weighted by molar-refractivity contribution is -0.138. The van der Waals surface area contributed by atoms with Gasteiger partial charge in [-0.1, -0.05) is 54.6 Å². The van der Waals surface area contributed by atoms with Crippen molar-refractivity contribution < 1.29 is 45.7 Å². The summed E-state index contributed by atoms with van der Waals surface area (Å²) >= 11 is 0. The number of likely N-dealkylation sites (tertiary alicyclic amines) is 2. The standard InChI is InChI=1S/C34H35F7N2O3/c35-28(30(44)23-6-2-1-3-7-23)22-29(42-16-12-31(45,13-17-42)24-8-4-10-26(20-24)33(36,37)38)43-18-14-32(46,15-19-43)25-9-5-11-27(21-25)34(39,40)41/h1-11,20-21,28-29,45-46H,12-19,22H2. The van der Waals surface area contributed by atoms with Crippen molar-refractivity contribution in [3.8, 4) is 0 Å². The van der Waals surface area contributed by atoms with E-state index < -0.39 is 52.8 Å². The van der Waals surface area contributed by atoms with E-state index in [2.05, 4.69) is 0 Å². The number of halogens is 7. The van der Waals surface area contributed by atoms with Gasteiger partial charge in [0.05, 0.1) is 28.5 Å². The van der Waals surface area contributed by atoms with E-state index in [9.17, 15) is 41.4 Å². The second-order valence-corrected chi connectivity index (χ2v) is 12.2. The summed E-state index contributed by atoms with van der Waals surface area (Å²) in [5, 5.41) is 22.8. The van der Waals surface area contributed by atoms with E-state index in [1.54, 1.807) is 18.2 Å². The molecule has 5 rings (SSSR count). The van der Waals surface area contributed by atoms with Crippen LogP contribution in [0.25, 0.3) is 0 Å². The molecule has 1 atom stereocenters. The molecule has 0 amide bonds. The molecule has 248 valence electrons. The third-order valence-corrected chi connectivity index (χ3v) is 9.31. The normalized spacial score (nSPS) is 20.0. The van der Waals surface area contributed by atoms with Gasteiger partial charge in [0.25, 0.3) is 0 Å². The predicted octanol–water partition coefficient (Wildman–Crippen LogP) is 6.93. The molecule has 0 radical (unpaired) electrons. The Morgan fingerprint density at radius 1 is 0.674 bits per heavy atom. The molecule has 1 unspecified atom stereocenters. The van der Waals surface area contributed by atoms with Crippen molar-refractivity contribution in [2.45, 2.75) is 68.0 Å². The van der Waals surface area contributed by atoms with Crippen LogP contribution in [0, 0.1) is 0 Å². The van der Waals surface area contributed by atoms with Crippen LogP contribution >= 0.6 is 0 Å². The summed E-state index contributed by atoms with van der Waals surface area (Å²) in [7, 11) is 0. The Kier molecular flexibility index (Phi) is 9.66. The fraction of sp³-hybridized carbons (Fsp3) is 0.441. The van der Waals surface area contributed by atoms with Gasteiger partial charge in [-0.25, -0.2) is 4.39 Å². The van der Waals surface area contributed by atoms with Gasteiger partial charge in [0.2, 0.25) is 0 Å². The van der Waals surface area contributed by atoms with Gasteiger partial charge in [-0.2, -0.15) is 26.3 Å². The Bertz CT molecular complexity index is 1410. The lowest BCUT2D eigenvalue weighted by Crippen LogP contribution is -2.57. The highest BCUT2D eigenvalue weighted by atomic mass is 19.4. The number of carbonyl (C=O) groups excluding carboxylic acids is 1. The zero-order valence-electron chi connectivity index (χ0n) is 24.9. The quantitative estimate of drug-likeness (QED) is 0.204. The van der Waals surface area contributed by atoms with Crippen molar-refractivity contribution in [1.29, 1.82) is 0 Å². The number of benzene rings is 3. The van der Waals surface area contributed by atoms with E-state index in [4.69, 9.17) is 0 Å². The lowest BCUT2D eigenvalue weighted by Gasteiger charge is -2.49. The van der Waals surface area contributed by atoms with Gasteiger partial charge in [-0.15, -0.1) is 0 Å². The molecule has 0 aliphatic carbocycles. The topological polar surface area (TPSA) is 64.0 Å². The van der Waals surface area contributed by atoms with E-state index in [0.29, 0.717) is 0 Å². The van der Waals surface area contributed by atoms with E-state index in [-0.39, 0.29) is 75.0 Å². The van der Waals surface area contributed by atoms with Crippen LogP contribution in [0.15, 0.2) is 78.9 Å². The van der Waals surface area contributed by atoms with Crippen LogP contribution in [0.2, 0.25) is 0 Å². The number of Topliss-reactive ketones (excluding diaryl/α,β-unsaturated/α-hetero) is 1. The summed E-state index contributed by atoms with van der Waals surface area (Å²) in [5.41, 5.74) is -4.40. The van der Waals surface area contributed by atoms with E-state index >= 15 is 4.39 Å². The number of ketones is 1. The minimum absolute atomic E-state index is 0.0520. The molecule has 0 spiro atoms. The first-order valence-electron chi connectivity index (χ1n) is 15.1. The maximum Gasteiger partial charge on any atom is 0.416 e. The van der Waals surface area contributed by atoms with Crippen LogP contribution in [-0.2, 0) is 23.6 Å². The number of alkyl halides is 7. The predicted molar refractivity (Wildman–Crippen MR) is 156 cm³/mol. The number of nitrogens with zero attached hydrogens (tertiary/aromatic N) is 2. The molecule has 2 N–H and O–H groups in total. The van der Waals surface area contributed by atoms with E-state index in [1.165, 1.54) is 36.4 Å². The van der Waals surface area contributed by atoms with Gasteiger partial charge in [-0.05, 0) is 61.1 Å². The van der Waals surface area contributed by atoms with Gasteiger partial charge in [-0.3, -0.25) is 14.6 Å². The number of rotatable bonds is 8. The molecule has 3 aromatic carbocycles. The molecule has 0 saturated carbocycles. The highest BCUT2D eigenvalue weighted by molar-refractivity contribution is 5.99. The Balaban J connectivity index is 1.34. The summed E-state index contributed by atoms with van der Waals surface area (Å²) < 4.78 is 95.8. The van der Waals surface area contributed by atoms with Crippen LogP contribution < -0.4 is 0 Å². The summed E-state index contributed by atoms with van der Waals surface area (Å²) in [6.07, 6.45) is -11.8. The number of carbonyl (C=O) groups is 1. The molecule has 12 heteroatoms. The number of hydrogen-bond donors (Lipinski definition) is 2. The molecule has 5 nitrogen and oxygen atoms in total. The molecule has 2 aliphatic rings. The van der Waals surface area contributed by atoms with Crippen molar-refractivity contribution in [3.63, 3.8) is 0 Å². The van der Waals surface area contributed by atoms with Crippen molar-refractivity contribution in [3.05, 3.63) is 107 Å². The average molecular weight is 653 g/mol. The highest BCUT2D eigenvalue weighted by Crippen LogP contribution is 2.40. The number of hydrogen-bond acceptors (Lipinski definition) is 5. The minimum Gasteiger partial charge on any atom is -0.385 e. The Morgan fingerprint density at radius 2 is 1.09 bits per heavy atom. The van der Waals surface area contributed by atoms with Crippen LogP contribution in [0.3, 0.4) is 0 Å². The van der Waals surface area contributed by atoms with Gasteiger partial charge in [0, 0.05) is 38.2 Å². The van der Waals surface area contributed by atoms with Crippen molar-refractivity contribution in [2.75, 3.05) is 26.2 Å². The molecule has 0 bridgehead atoms.